The van der Waals surface area contributed by atoms with Crippen molar-refractivity contribution in [2.24, 2.45) is 0 Å². The molecule has 1 heterocycles. The Labute approximate surface area is 116 Å². The number of rotatable bonds is 3. The number of unbranched alkanes of at least 4 members (excludes halogenated alkanes) is 1. The van der Waals surface area contributed by atoms with E-state index in [1.807, 2.05) is 12.1 Å². The van der Waals surface area contributed by atoms with Gasteiger partial charge in [0.15, 0.2) is 0 Å². The lowest BCUT2D eigenvalue weighted by Crippen LogP contribution is -2.23. The summed E-state index contributed by atoms with van der Waals surface area (Å²) in [7, 11) is 0. The van der Waals surface area contributed by atoms with Crippen LogP contribution < -0.4 is 11.2 Å². The molecule has 2 rings (SSSR count). The molecule has 0 amide bonds. The minimum absolute atomic E-state index is 0.250. The summed E-state index contributed by atoms with van der Waals surface area (Å²) in [5.74, 6) is 5.67. The van der Waals surface area contributed by atoms with Crippen LogP contribution in [0.1, 0.15) is 36.5 Å². The van der Waals surface area contributed by atoms with E-state index in [1.54, 1.807) is 0 Å². The molecule has 0 radical (unpaired) electrons. The summed E-state index contributed by atoms with van der Waals surface area (Å²) in [5, 5.41) is 0. The van der Waals surface area contributed by atoms with Crippen molar-refractivity contribution < 1.29 is 0 Å². The predicted octanol–water partition coefficient (Wildman–Crippen LogP) is 1.81. The Morgan fingerprint density at radius 2 is 1.85 bits per heavy atom. The van der Waals surface area contributed by atoms with Crippen LogP contribution >= 0.6 is 0 Å². The first-order valence-corrected chi connectivity index (χ1v) is 6.62. The topological polar surface area (TPSA) is 65.7 Å². The highest BCUT2D eigenvalue weighted by molar-refractivity contribution is 5.41. The Morgan fingerprint density at radius 3 is 2.50 bits per heavy atom. The molecule has 0 saturated heterocycles. The normalized spacial score (nSPS) is 9.85. The fraction of sp³-hybridized carbons (Fsp3) is 0.250. The number of H-pyrrole nitrogens is 2. The molecule has 102 valence electrons. The molecule has 1 aromatic carbocycles. The number of aryl methyl sites for hydroxylation is 1. The molecule has 0 unspecified atom stereocenters. The van der Waals surface area contributed by atoms with Crippen LogP contribution in [0.4, 0.5) is 0 Å². The Bertz CT molecular complexity index is 743. The average Bonchev–Trinajstić information content (AvgIpc) is 2.45. The zero-order valence-corrected chi connectivity index (χ0v) is 11.3. The Kier molecular flexibility index (Phi) is 4.56. The summed E-state index contributed by atoms with van der Waals surface area (Å²) in [5.41, 5.74) is 1.39. The van der Waals surface area contributed by atoms with Crippen molar-refractivity contribution in [2.75, 3.05) is 0 Å². The molecular weight excluding hydrogens is 252 g/mol. The molecule has 4 nitrogen and oxygen atoms in total. The molecule has 2 aromatic rings. The quantitative estimate of drug-likeness (QED) is 0.834. The SMILES string of the molecule is CCCCc1ccc(C#Cc2c[nH]c(=O)[nH]c2=O)cc1. The first-order chi connectivity index (χ1) is 9.69. The van der Waals surface area contributed by atoms with Gasteiger partial charge in [0.2, 0.25) is 0 Å². The second-order valence-corrected chi connectivity index (χ2v) is 4.54. The van der Waals surface area contributed by atoms with Crippen molar-refractivity contribution in [2.45, 2.75) is 26.2 Å². The van der Waals surface area contributed by atoms with Crippen LogP contribution in [0.25, 0.3) is 0 Å². The molecule has 4 heteroatoms. The fourth-order valence-electron chi connectivity index (χ4n) is 1.78. The highest BCUT2D eigenvalue weighted by atomic mass is 16.2. The van der Waals surface area contributed by atoms with Crippen LogP contribution in [-0.4, -0.2) is 9.97 Å². The molecule has 0 aliphatic carbocycles. The van der Waals surface area contributed by atoms with Gasteiger partial charge < -0.3 is 4.98 Å². The first-order valence-electron chi connectivity index (χ1n) is 6.62. The molecule has 0 aliphatic heterocycles. The van der Waals surface area contributed by atoms with Crippen LogP contribution in [0, 0.1) is 11.8 Å². The molecule has 0 spiro atoms. The summed E-state index contributed by atoms with van der Waals surface area (Å²) < 4.78 is 0. The average molecular weight is 268 g/mol. The maximum atomic E-state index is 11.5. The standard InChI is InChI=1S/C16H16N2O2/c1-2-3-4-12-5-7-13(8-6-12)9-10-14-11-17-16(20)18-15(14)19/h5-8,11H,2-4H2,1H3,(H2,17,18,19,20). The monoisotopic (exact) mass is 268 g/mol. The van der Waals surface area contributed by atoms with Gasteiger partial charge >= 0.3 is 5.69 Å². The van der Waals surface area contributed by atoms with E-state index in [9.17, 15) is 9.59 Å². The van der Waals surface area contributed by atoms with Gasteiger partial charge in [-0.1, -0.05) is 37.3 Å². The van der Waals surface area contributed by atoms with E-state index in [1.165, 1.54) is 24.6 Å². The van der Waals surface area contributed by atoms with Crippen molar-refractivity contribution >= 4 is 0 Å². The highest BCUT2D eigenvalue weighted by Gasteiger charge is 1.95. The predicted molar refractivity (Wildman–Crippen MR) is 78.7 cm³/mol. The van der Waals surface area contributed by atoms with Crippen molar-refractivity contribution in [1.29, 1.82) is 0 Å². The summed E-state index contributed by atoms with van der Waals surface area (Å²) >= 11 is 0. The molecule has 0 fully saturated rings. The second kappa shape index (κ2) is 6.58. The molecule has 0 atom stereocenters. The molecular formula is C16H16N2O2. The minimum Gasteiger partial charge on any atom is -0.313 e. The Hall–Kier alpha value is -2.54. The van der Waals surface area contributed by atoms with Crippen molar-refractivity contribution in [3.63, 3.8) is 0 Å². The number of benzene rings is 1. The Balaban J connectivity index is 2.16. The third-order valence-corrected chi connectivity index (χ3v) is 2.93. The number of hydrogen-bond acceptors (Lipinski definition) is 2. The van der Waals surface area contributed by atoms with Crippen LogP contribution in [0.2, 0.25) is 0 Å². The van der Waals surface area contributed by atoms with Gasteiger partial charge in [-0.25, -0.2) is 4.79 Å². The minimum atomic E-state index is -0.527. The van der Waals surface area contributed by atoms with Crippen LogP contribution in [0.3, 0.4) is 0 Å². The lowest BCUT2D eigenvalue weighted by molar-refractivity contribution is 0.795. The lowest BCUT2D eigenvalue weighted by Gasteiger charge is -1.99. The van der Waals surface area contributed by atoms with E-state index in [0.29, 0.717) is 0 Å². The summed E-state index contributed by atoms with van der Waals surface area (Å²) in [4.78, 5) is 26.9. The fourth-order valence-corrected chi connectivity index (χ4v) is 1.78. The van der Waals surface area contributed by atoms with Gasteiger partial charge in [-0.2, -0.15) is 0 Å². The third-order valence-electron chi connectivity index (χ3n) is 2.93. The van der Waals surface area contributed by atoms with Gasteiger partial charge in [0, 0.05) is 11.8 Å². The number of aromatic nitrogens is 2. The van der Waals surface area contributed by atoms with E-state index in [4.69, 9.17) is 0 Å². The molecule has 1 aromatic heterocycles. The molecule has 0 bridgehead atoms. The molecule has 2 N–H and O–H groups in total. The maximum Gasteiger partial charge on any atom is 0.325 e. The summed E-state index contributed by atoms with van der Waals surface area (Å²) in [6, 6.07) is 7.99. The first kappa shape index (κ1) is 13.9. The smallest absolute Gasteiger partial charge is 0.313 e. The molecule has 0 aliphatic rings. The second-order valence-electron chi connectivity index (χ2n) is 4.54. The van der Waals surface area contributed by atoms with Crippen LogP contribution in [-0.2, 0) is 6.42 Å². The van der Waals surface area contributed by atoms with E-state index in [0.717, 1.165) is 12.0 Å². The van der Waals surface area contributed by atoms with Crippen molar-refractivity contribution in [3.05, 3.63) is 68.0 Å². The summed E-state index contributed by atoms with van der Waals surface area (Å²) in [6.45, 7) is 2.17. The summed E-state index contributed by atoms with van der Waals surface area (Å²) in [6.07, 6.45) is 4.75. The van der Waals surface area contributed by atoms with E-state index in [-0.39, 0.29) is 5.56 Å². The highest BCUT2D eigenvalue weighted by Crippen LogP contribution is 2.07. The van der Waals surface area contributed by atoms with Gasteiger partial charge in [0.25, 0.3) is 5.56 Å². The molecule has 20 heavy (non-hydrogen) atoms. The van der Waals surface area contributed by atoms with Gasteiger partial charge in [0.1, 0.15) is 5.56 Å². The van der Waals surface area contributed by atoms with Gasteiger partial charge in [-0.05, 0) is 30.5 Å². The van der Waals surface area contributed by atoms with E-state index in [2.05, 4.69) is 40.9 Å². The van der Waals surface area contributed by atoms with Gasteiger partial charge in [-0.15, -0.1) is 0 Å². The van der Waals surface area contributed by atoms with Gasteiger partial charge in [0.05, 0.1) is 0 Å². The molecule has 0 saturated carbocycles. The van der Waals surface area contributed by atoms with E-state index >= 15 is 0 Å². The zero-order valence-electron chi connectivity index (χ0n) is 11.3. The number of nitrogens with one attached hydrogen (secondary N) is 2. The van der Waals surface area contributed by atoms with Crippen molar-refractivity contribution in [1.82, 2.24) is 9.97 Å². The van der Waals surface area contributed by atoms with Crippen LogP contribution in [0.5, 0.6) is 0 Å². The Morgan fingerprint density at radius 1 is 1.10 bits per heavy atom. The largest absolute Gasteiger partial charge is 0.325 e. The number of aromatic amines is 2. The maximum absolute atomic E-state index is 11.5. The number of hydrogen-bond donors (Lipinski definition) is 2. The van der Waals surface area contributed by atoms with E-state index < -0.39 is 11.2 Å². The van der Waals surface area contributed by atoms with Gasteiger partial charge in [-0.3, -0.25) is 9.78 Å². The third kappa shape index (κ3) is 3.72. The van der Waals surface area contributed by atoms with Crippen molar-refractivity contribution in [3.8, 4) is 11.8 Å². The lowest BCUT2D eigenvalue weighted by atomic mass is 10.1. The zero-order chi connectivity index (χ0) is 14.4. The van der Waals surface area contributed by atoms with Crippen LogP contribution in [0.15, 0.2) is 40.1 Å².